The average molecular weight is 471 g/mol. The zero-order chi connectivity index (χ0) is 25.1. The van der Waals surface area contributed by atoms with Crippen molar-refractivity contribution in [3.8, 4) is 23.3 Å². The van der Waals surface area contributed by atoms with Crippen LogP contribution < -0.4 is 19.9 Å². The number of nitriles is 1. The number of hydrogen-bond acceptors (Lipinski definition) is 8. The summed E-state index contributed by atoms with van der Waals surface area (Å²) >= 11 is 0. The number of allylic oxidation sites excluding steroid dienone is 1. The molecule has 9 nitrogen and oxygen atoms in total. The van der Waals surface area contributed by atoms with Crippen molar-refractivity contribution in [3.05, 3.63) is 105 Å². The molecule has 1 aliphatic rings. The van der Waals surface area contributed by atoms with Crippen LogP contribution in [0.2, 0.25) is 0 Å². The summed E-state index contributed by atoms with van der Waals surface area (Å²) in [7, 11) is 0. The fourth-order valence-corrected chi connectivity index (χ4v) is 3.77. The minimum absolute atomic E-state index is 0.0113. The van der Waals surface area contributed by atoms with Gasteiger partial charge in [0.05, 0.1) is 22.5 Å². The monoisotopic (exact) mass is 471 g/mol. The number of nitrogens with two attached hydrogens (primary N) is 1. The number of carbonyl (C=O) groups excluding carboxylic acids is 1. The molecular formula is C26H21N3O6. The van der Waals surface area contributed by atoms with Gasteiger partial charge in [0.1, 0.15) is 28.9 Å². The fourth-order valence-electron chi connectivity index (χ4n) is 3.77. The quantitative estimate of drug-likeness (QED) is 0.234. The first-order valence-electron chi connectivity index (χ1n) is 10.7. The lowest BCUT2D eigenvalue weighted by molar-refractivity contribution is -0.384. The number of ether oxygens (including phenoxy) is 3. The second kappa shape index (κ2) is 9.57. The van der Waals surface area contributed by atoms with E-state index in [1.54, 1.807) is 48.5 Å². The molecule has 35 heavy (non-hydrogen) atoms. The van der Waals surface area contributed by atoms with Crippen molar-refractivity contribution in [2.45, 2.75) is 25.9 Å². The van der Waals surface area contributed by atoms with Gasteiger partial charge in [0, 0.05) is 23.8 Å². The molecule has 9 heteroatoms. The molecule has 1 heterocycles. The summed E-state index contributed by atoms with van der Waals surface area (Å²) in [6, 6.07) is 19.3. The smallest absolute Gasteiger partial charge is 0.343 e. The zero-order valence-electron chi connectivity index (χ0n) is 18.9. The number of hydrogen-bond donors (Lipinski definition) is 1. The third-order valence-electron chi connectivity index (χ3n) is 5.28. The Morgan fingerprint density at radius 1 is 1.11 bits per heavy atom. The van der Waals surface area contributed by atoms with E-state index in [1.807, 2.05) is 19.9 Å². The topological polar surface area (TPSA) is 138 Å². The van der Waals surface area contributed by atoms with Gasteiger partial charge >= 0.3 is 5.97 Å². The molecule has 3 aromatic carbocycles. The summed E-state index contributed by atoms with van der Waals surface area (Å²) in [4.78, 5) is 23.4. The lowest BCUT2D eigenvalue weighted by atomic mass is 9.83. The molecule has 4 rings (SSSR count). The Morgan fingerprint density at radius 2 is 1.83 bits per heavy atom. The lowest BCUT2D eigenvalue weighted by Gasteiger charge is -2.26. The first-order chi connectivity index (χ1) is 16.8. The Kier molecular flexibility index (Phi) is 6.38. The first kappa shape index (κ1) is 23.3. The Labute approximate surface area is 201 Å². The van der Waals surface area contributed by atoms with E-state index in [9.17, 15) is 20.2 Å². The number of nitrogens with zero attached hydrogens (tertiary/aromatic N) is 2. The average Bonchev–Trinajstić information content (AvgIpc) is 2.83. The minimum Gasteiger partial charge on any atom is -0.491 e. The van der Waals surface area contributed by atoms with Crippen molar-refractivity contribution < 1.29 is 23.9 Å². The third kappa shape index (κ3) is 4.91. The van der Waals surface area contributed by atoms with E-state index in [-0.39, 0.29) is 34.7 Å². The number of non-ortho nitro benzene ring substituents is 1. The highest BCUT2D eigenvalue weighted by molar-refractivity contribution is 5.91. The predicted octanol–water partition coefficient (Wildman–Crippen LogP) is 4.82. The van der Waals surface area contributed by atoms with Crippen LogP contribution in [0.4, 0.5) is 5.69 Å². The third-order valence-corrected chi connectivity index (χ3v) is 5.28. The van der Waals surface area contributed by atoms with Gasteiger partial charge in [0.15, 0.2) is 0 Å². The number of nitro benzene ring substituents is 1. The summed E-state index contributed by atoms with van der Waals surface area (Å²) in [5.74, 6) is -0.247. The van der Waals surface area contributed by atoms with Crippen molar-refractivity contribution >= 4 is 11.7 Å². The van der Waals surface area contributed by atoms with Crippen molar-refractivity contribution in [1.82, 2.24) is 0 Å². The maximum atomic E-state index is 12.6. The Balaban J connectivity index is 1.63. The molecule has 0 bridgehead atoms. The van der Waals surface area contributed by atoms with E-state index < -0.39 is 16.8 Å². The normalized spacial score (nSPS) is 14.5. The Bertz CT molecular complexity index is 1370. The second-order valence-corrected chi connectivity index (χ2v) is 8.06. The van der Waals surface area contributed by atoms with Gasteiger partial charge in [-0.2, -0.15) is 5.26 Å². The molecule has 1 unspecified atom stereocenters. The van der Waals surface area contributed by atoms with Crippen LogP contribution in [0.25, 0.3) is 0 Å². The van der Waals surface area contributed by atoms with E-state index >= 15 is 0 Å². The molecule has 0 radical (unpaired) electrons. The van der Waals surface area contributed by atoms with Gasteiger partial charge in [-0.05, 0) is 49.7 Å². The molecule has 176 valence electrons. The van der Waals surface area contributed by atoms with Gasteiger partial charge in [-0.1, -0.05) is 18.2 Å². The maximum absolute atomic E-state index is 12.6. The van der Waals surface area contributed by atoms with Crippen LogP contribution in [0.1, 0.15) is 41.3 Å². The number of rotatable bonds is 6. The predicted molar refractivity (Wildman–Crippen MR) is 126 cm³/mol. The van der Waals surface area contributed by atoms with Gasteiger partial charge in [-0.25, -0.2) is 4.79 Å². The van der Waals surface area contributed by atoms with E-state index in [2.05, 4.69) is 0 Å². The van der Waals surface area contributed by atoms with Crippen LogP contribution in [0.5, 0.6) is 17.2 Å². The van der Waals surface area contributed by atoms with Crippen molar-refractivity contribution in [2.75, 3.05) is 0 Å². The number of nitro groups is 1. The van der Waals surface area contributed by atoms with Crippen LogP contribution in [0.3, 0.4) is 0 Å². The standard InChI is InChI=1S/C26H21N3O6/c1-15(2)33-19-8-6-16(7-9-19)26(30)34-20-10-11-21-23(13-20)35-25(28)22(14-27)24(21)17-4-3-5-18(12-17)29(31)32/h3-13,15,24H,28H2,1-2H3. The largest absolute Gasteiger partial charge is 0.491 e. The van der Waals surface area contributed by atoms with Crippen molar-refractivity contribution in [2.24, 2.45) is 5.73 Å². The van der Waals surface area contributed by atoms with E-state index in [0.717, 1.165) is 0 Å². The molecule has 0 saturated heterocycles. The molecule has 0 saturated carbocycles. The molecule has 0 spiro atoms. The minimum atomic E-state index is -0.679. The second-order valence-electron chi connectivity index (χ2n) is 8.06. The van der Waals surface area contributed by atoms with Gasteiger partial charge < -0.3 is 19.9 Å². The summed E-state index contributed by atoms with van der Waals surface area (Å²) in [6.45, 7) is 3.82. The molecule has 2 N–H and O–H groups in total. The highest BCUT2D eigenvalue weighted by Crippen LogP contribution is 2.44. The van der Waals surface area contributed by atoms with Crippen LogP contribution in [0, 0.1) is 21.4 Å². The molecule has 0 aliphatic carbocycles. The van der Waals surface area contributed by atoms with Crippen LogP contribution in [-0.2, 0) is 0 Å². The van der Waals surface area contributed by atoms with Crippen molar-refractivity contribution in [1.29, 1.82) is 5.26 Å². The maximum Gasteiger partial charge on any atom is 0.343 e. The Hall–Kier alpha value is -4.84. The molecule has 0 fully saturated rings. The van der Waals surface area contributed by atoms with Gasteiger partial charge in [0.2, 0.25) is 5.88 Å². The van der Waals surface area contributed by atoms with Crippen molar-refractivity contribution in [3.63, 3.8) is 0 Å². The molecule has 1 aliphatic heterocycles. The number of esters is 1. The van der Waals surface area contributed by atoms with Gasteiger partial charge in [0.25, 0.3) is 5.69 Å². The van der Waals surface area contributed by atoms with E-state index in [1.165, 1.54) is 18.2 Å². The molecule has 0 aromatic heterocycles. The summed E-state index contributed by atoms with van der Waals surface area (Å²) in [5, 5.41) is 20.9. The highest BCUT2D eigenvalue weighted by Gasteiger charge is 2.32. The Morgan fingerprint density at radius 3 is 2.49 bits per heavy atom. The van der Waals surface area contributed by atoms with E-state index in [0.29, 0.717) is 22.4 Å². The van der Waals surface area contributed by atoms with Crippen LogP contribution >= 0.6 is 0 Å². The zero-order valence-corrected chi connectivity index (χ0v) is 18.9. The number of carbonyl (C=O) groups is 1. The highest BCUT2D eigenvalue weighted by atomic mass is 16.6. The van der Waals surface area contributed by atoms with Gasteiger partial charge in [-0.15, -0.1) is 0 Å². The van der Waals surface area contributed by atoms with E-state index in [4.69, 9.17) is 19.9 Å². The van der Waals surface area contributed by atoms with Crippen LogP contribution in [-0.4, -0.2) is 17.0 Å². The summed E-state index contributed by atoms with van der Waals surface area (Å²) < 4.78 is 16.7. The molecular weight excluding hydrogens is 450 g/mol. The fraction of sp³-hybridized carbons (Fsp3) is 0.154. The lowest BCUT2D eigenvalue weighted by Crippen LogP contribution is -2.21. The summed E-state index contributed by atoms with van der Waals surface area (Å²) in [5.41, 5.74) is 7.43. The molecule has 0 amide bonds. The molecule has 3 aromatic rings. The molecule has 1 atom stereocenters. The SMILES string of the molecule is CC(C)Oc1ccc(C(=O)Oc2ccc3c(c2)OC(N)=C(C#N)C3c2cccc([N+](=O)[O-])c2)cc1. The summed E-state index contributed by atoms with van der Waals surface area (Å²) in [6.07, 6.45) is 0.0113. The number of benzene rings is 3. The van der Waals surface area contributed by atoms with Gasteiger partial charge in [-0.3, -0.25) is 10.1 Å². The van der Waals surface area contributed by atoms with Crippen LogP contribution in [0.15, 0.2) is 78.2 Å². The number of fused-ring (bicyclic) bond motifs is 1. The first-order valence-corrected chi connectivity index (χ1v) is 10.7.